The molecule has 2 amide bonds. The molecule has 1 rings (SSSR count). The van der Waals surface area contributed by atoms with Gasteiger partial charge in [-0.2, -0.15) is 0 Å². The quantitative estimate of drug-likeness (QED) is 0.527. The molecule has 0 spiro atoms. The number of nitrogens with zero attached hydrogens (tertiary/aromatic N) is 1. The van der Waals surface area contributed by atoms with Gasteiger partial charge in [0.05, 0.1) is 5.92 Å². The van der Waals surface area contributed by atoms with Crippen LogP contribution < -0.4 is 10.6 Å². The van der Waals surface area contributed by atoms with E-state index in [0.717, 1.165) is 18.7 Å². The maximum absolute atomic E-state index is 11.3. The standard InChI is InChI=1S/C11H18N4O3/c1-8(10(16)17)7-15-11(18)14-4-2-3-9-12-5-6-13-9/h5-6,8H,2-4,7H2,1H3,(H,12,13)(H,16,17)(H2,14,15,18). The van der Waals surface area contributed by atoms with Crippen molar-refractivity contribution in [3.8, 4) is 0 Å². The molecule has 0 radical (unpaired) electrons. The largest absolute Gasteiger partial charge is 0.481 e. The fourth-order valence-electron chi connectivity index (χ4n) is 1.29. The first-order chi connectivity index (χ1) is 8.59. The van der Waals surface area contributed by atoms with Gasteiger partial charge in [-0.3, -0.25) is 4.79 Å². The number of hydrogen-bond donors (Lipinski definition) is 4. The number of carboxylic acids is 1. The van der Waals surface area contributed by atoms with Crippen molar-refractivity contribution in [2.75, 3.05) is 13.1 Å². The van der Waals surface area contributed by atoms with Crippen LogP contribution in [-0.2, 0) is 11.2 Å². The second kappa shape index (κ2) is 7.31. The Morgan fingerprint density at radius 2 is 2.28 bits per heavy atom. The number of hydrogen-bond acceptors (Lipinski definition) is 3. The van der Waals surface area contributed by atoms with Crippen LogP contribution in [-0.4, -0.2) is 40.2 Å². The average molecular weight is 254 g/mol. The second-order valence-corrected chi connectivity index (χ2v) is 4.02. The lowest BCUT2D eigenvalue weighted by molar-refractivity contribution is -0.140. The molecule has 0 bridgehead atoms. The molecule has 18 heavy (non-hydrogen) atoms. The number of aryl methyl sites for hydroxylation is 1. The second-order valence-electron chi connectivity index (χ2n) is 4.02. The topological polar surface area (TPSA) is 107 Å². The van der Waals surface area contributed by atoms with E-state index in [1.54, 1.807) is 19.3 Å². The lowest BCUT2D eigenvalue weighted by Gasteiger charge is -2.09. The van der Waals surface area contributed by atoms with Crippen LogP contribution in [0.15, 0.2) is 12.4 Å². The lowest BCUT2D eigenvalue weighted by Crippen LogP contribution is -2.39. The SMILES string of the molecule is CC(CNC(=O)NCCCc1ncc[nH]1)C(=O)O. The third kappa shape index (κ3) is 5.33. The van der Waals surface area contributed by atoms with Gasteiger partial charge in [0.1, 0.15) is 5.82 Å². The number of urea groups is 1. The Morgan fingerprint density at radius 1 is 1.50 bits per heavy atom. The number of aromatic amines is 1. The van der Waals surface area contributed by atoms with Crippen molar-refractivity contribution in [3.05, 3.63) is 18.2 Å². The molecule has 0 fully saturated rings. The molecule has 7 heteroatoms. The van der Waals surface area contributed by atoms with Gasteiger partial charge in [0.25, 0.3) is 0 Å². The van der Waals surface area contributed by atoms with Crippen molar-refractivity contribution in [1.29, 1.82) is 0 Å². The Balaban J connectivity index is 2.05. The zero-order chi connectivity index (χ0) is 13.4. The zero-order valence-electron chi connectivity index (χ0n) is 10.3. The smallest absolute Gasteiger partial charge is 0.314 e. The summed E-state index contributed by atoms with van der Waals surface area (Å²) in [7, 11) is 0. The van der Waals surface area contributed by atoms with Crippen molar-refractivity contribution < 1.29 is 14.7 Å². The minimum Gasteiger partial charge on any atom is -0.481 e. The number of imidazole rings is 1. The molecule has 1 heterocycles. The number of aliphatic carboxylic acids is 1. The van der Waals surface area contributed by atoms with Gasteiger partial charge in [0.2, 0.25) is 0 Å². The lowest BCUT2D eigenvalue weighted by atomic mass is 10.2. The summed E-state index contributed by atoms with van der Waals surface area (Å²) in [5.74, 6) is -0.622. The maximum atomic E-state index is 11.3. The molecule has 0 aliphatic rings. The molecule has 0 aliphatic carbocycles. The van der Waals surface area contributed by atoms with E-state index in [2.05, 4.69) is 20.6 Å². The van der Waals surface area contributed by atoms with Crippen LogP contribution in [0.5, 0.6) is 0 Å². The number of carboxylic acid groups (broad SMARTS) is 1. The van der Waals surface area contributed by atoms with Crippen LogP contribution in [0.25, 0.3) is 0 Å². The molecule has 4 N–H and O–H groups in total. The molecule has 0 aliphatic heterocycles. The van der Waals surface area contributed by atoms with Crippen LogP contribution >= 0.6 is 0 Å². The zero-order valence-corrected chi connectivity index (χ0v) is 10.3. The Bertz CT molecular complexity index is 378. The van der Waals surface area contributed by atoms with Crippen LogP contribution in [0, 0.1) is 5.92 Å². The van der Waals surface area contributed by atoms with E-state index in [1.165, 1.54) is 0 Å². The highest BCUT2D eigenvalue weighted by Gasteiger charge is 2.11. The monoisotopic (exact) mass is 254 g/mol. The predicted molar refractivity (Wildman–Crippen MR) is 65.1 cm³/mol. The van der Waals surface area contributed by atoms with Crippen molar-refractivity contribution >= 4 is 12.0 Å². The Kier molecular flexibility index (Phi) is 5.69. The summed E-state index contributed by atoms with van der Waals surface area (Å²) in [5.41, 5.74) is 0. The van der Waals surface area contributed by atoms with Gasteiger partial charge in [0, 0.05) is 31.9 Å². The molecular weight excluding hydrogens is 236 g/mol. The molecule has 100 valence electrons. The highest BCUT2D eigenvalue weighted by Crippen LogP contribution is 1.93. The molecule has 7 nitrogen and oxygen atoms in total. The fourth-order valence-corrected chi connectivity index (χ4v) is 1.29. The summed E-state index contributed by atoms with van der Waals surface area (Å²) < 4.78 is 0. The van der Waals surface area contributed by atoms with Gasteiger partial charge in [-0.1, -0.05) is 6.92 Å². The molecule has 0 saturated carbocycles. The van der Waals surface area contributed by atoms with Crippen molar-refractivity contribution in [1.82, 2.24) is 20.6 Å². The van der Waals surface area contributed by atoms with Gasteiger partial charge < -0.3 is 20.7 Å². The van der Waals surface area contributed by atoms with Gasteiger partial charge in [-0.25, -0.2) is 9.78 Å². The number of rotatable bonds is 7. The van der Waals surface area contributed by atoms with Gasteiger partial charge in [-0.05, 0) is 6.42 Å². The third-order valence-electron chi connectivity index (χ3n) is 2.42. The maximum Gasteiger partial charge on any atom is 0.314 e. The van der Waals surface area contributed by atoms with Gasteiger partial charge in [0.15, 0.2) is 0 Å². The Hall–Kier alpha value is -2.05. The van der Waals surface area contributed by atoms with Crippen LogP contribution in [0.1, 0.15) is 19.2 Å². The van der Waals surface area contributed by atoms with Gasteiger partial charge >= 0.3 is 12.0 Å². The van der Waals surface area contributed by atoms with E-state index in [4.69, 9.17) is 5.11 Å². The summed E-state index contributed by atoms with van der Waals surface area (Å²) in [6, 6.07) is -0.345. The normalized spacial score (nSPS) is 11.8. The van der Waals surface area contributed by atoms with E-state index in [0.29, 0.717) is 6.54 Å². The van der Waals surface area contributed by atoms with E-state index in [-0.39, 0.29) is 12.6 Å². The summed E-state index contributed by atoms with van der Waals surface area (Å²) in [6.07, 6.45) is 4.97. The van der Waals surface area contributed by atoms with Crippen molar-refractivity contribution in [2.24, 2.45) is 5.92 Å². The highest BCUT2D eigenvalue weighted by atomic mass is 16.4. The molecule has 1 aromatic heterocycles. The summed E-state index contributed by atoms with van der Waals surface area (Å²) in [5, 5.41) is 13.8. The Labute approximate surface area is 105 Å². The Morgan fingerprint density at radius 3 is 2.89 bits per heavy atom. The fraction of sp³-hybridized carbons (Fsp3) is 0.545. The molecule has 0 aromatic carbocycles. The predicted octanol–water partition coefficient (Wildman–Crippen LogP) is 0.362. The van der Waals surface area contributed by atoms with E-state index in [9.17, 15) is 9.59 Å². The first-order valence-electron chi connectivity index (χ1n) is 5.82. The number of carbonyl (C=O) groups is 2. The summed E-state index contributed by atoms with van der Waals surface area (Å²) in [4.78, 5) is 28.9. The molecule has 1 atom stereocenters. The van der Waals surface area contributed by atoms with Crippen molar-refractivity contribution in [3.63, 3.8) is 0 Å². The summed E-state index contributed by atoms with van der Waals surface area (Å²) in [6.45, 7) is 2.19. The van der Waals surface area contributed by atoms with E-state index in [1.807, 2.05) is 0 Å². The third-order valence-corrected chi connectivity index (χ3v) is 2.42. The number of H-pyrrole nitrogens is 1. The molecular formula is C11H18N4O3. The highest BCUT2D eigenvalue weighted by molar-refractivity contribution is 5.75. The minimum absolute atomic E-state index is 0.124. The number of nitrogens with one attached hydrogen (secondary N) is 3. The van der Waals surface area contributed by atoms with E-state index >= 15 is 0 Å². The van der Waals surface area contributed by atoms with Crippen LogP contribution in [0.3, 0.4) is 0 Å². The first kappa shape index (κ1) is 14.0. The molecule has 1 unspecified atom stereocenters. The van der Waals surface area contributed by atoms with Crippen LogP contribution in [0.2, 0.25) is 0 Å². The minimum atomic E-state index is -0.923. The number of amides is 2. The van der Waals surface area contributed by atoms with Crippen molar-refractivity contribution in [2.45, 2.75) is 19.8 Å². The average Bonchev–Trinajstić information content (AvgIpc) is 2.84. The number of carbonyl (C=O) groups excluding carboxylic acids is 1. The molecule has 0 saturated heterocycles. The van der Waals surface area contributed by atoms with Gasteiger partial charge in [-0.15, -0.1) is 0 Å². The molecule has 1 aromatic rings. The van der Waals surface area contributed by atoms with Crippen LogP contribution in [0.4, 0.5) is 4.79 Å². The number of aromatic nitrogens is 2. The van der Waals surface area contributed by atoms with E-state index < -0.39 is 11.9 Å². The first-order valence-corrected chi connectivity index (χ1v) is 5.82. The summed E-state index contributed by atoms with van der Waals surface area (Å²) >= 11 is 0.